The Bertz CT molecular complexity index is 504. The highest BCUT2D eigenvalue weighted by Gasteiger charge is 2.43. The van der Waals surface area contributed by atoms with E-state index >= 15 is 0 Å². The van der Waals surface area contributed by atoms with E-state index in [0.717, 1.165) is 24.6 Å². The number of hydrogen-bond donors (Lipinski definition) is 0. The summed E-state index contributed by atoms with van der Waals surface area (Å²) in [5, 5.41) is 0.0965. The standard InChI is InChI=1S/C17H30N2O3Si/c1-12(2)14-8-9-15(22-23(6,7)17(3,4)5)16(21-14)10-13(20)11-19-18/h11,14-16H,1,8-10H2,2-7H3/t14-,15+,16-/m0/s1. The molecule has 23 heavy (non-hydrogen) atoms. The molecule has 0 radical (unpaired) electrons. The van der Waals surface area contributed by atoms with Gasteiger partial charge in [0.15, 0.2) is 8.32 Å². The van der Waals surface area contributed by atoms with Gasteiger partial charge in [0, 0.05) is 6.42 Å². The van der Waals surface area contributed by atoms with Crippen LogP contribution in [-0.2, 0) is 14.0 Å². The minimum absolute atomic E-state index is 0.0434. The van der Waals surface area contributed by atoms with Crippen molar-refractivity contribution in [2.24, 2.45) is 0 Å². The van der Waals surface area contributed by atoms with Crippen LogP contribution in [0.1, 0.15) is 47.0 Å². The van der Waals surface area contributed by atoms with Gasteiger partial charge in [-0.25, -0.2) is 0 Å². The Hall–Kier alpha value is -1.07. The molecule has 0 N–H and O–H groups in total. The number of nitrogens with zero attached hydrogens (tertiary/aromatic N) is 2. The summed E-state index contributed by atoms with van der Waals surface area (Å²) < 4.78 is 12.6. The van der Waals surface area contributed by atoms with Crippen molar-refractivity contribution in [1.29, 1.82) is 0 Å². The quantitative estimate of drug-likeness (QED) is 0.243. The fraction of sp³-hybridized carbons (Fsp3) is 0.765. The molecule has 1 aliphatic rings. The summed E-state index contributed by atoms with van der Waals surface area (Å²) in [5.41, 5.74) is 9.50. The second-order valence-corrected chi connectivity index (χ2v) is 12.7. The Morgan fingerprint density at radius 1 is 1.43 bits per heavy atom. The maximum absolute atomic E-state index is 11.8. The Balaban J connectivity index is 2.91. The molecule has 1 fully saturated rings. The van der Waals surface area contributed by atoms with Crippen molar-refractivity contribution in [3.63, 3.8) is 0 Å². The summed E-state index contributed by atoms with van der Waals surface area (Å²) in [4.78, 5) is 14.7. The van der Waals surface area contributed by atoms with Crippen LogP contribution < -0.4 is 0 Å². The van der Waals surface area contributed by atoms with Gasteiger partial charge in [-0.05, 0) is 37.9 Å². The van der Waals surface area contributed by atoms with E-state index in [2.05, 4.69) is 45.2 Å². The average Bonchev–Trinajstić information content (AvgIpc) is 2.39. The summed E-state index contributed by atoms with van der Waals surface area (Å²) in [6, 6.07) is 0. The van der Waals surface area contributed by atoms with Crippen LogP contribution in [0.4, 0.5) is 0 Å². The third-order valence-corrected chi connectivity index (χ3v) is 9.38. The molecule has 3 atom stereocenters. The molecule has 0 aromatic rings. The monoisotopic (exact) mass is 338 g/mol. The van der Waals surface area contributed by atoms with Crippen molar-refractivity contribution in [1.82, 2.24) is 0 Å². The van der Waals surface area contributed by atoms with E-state index in [-0.39, 0.29) is 35.6 Å². The highest BCUT2D eigenvalue weighted by Crippen LogP contribution is 2.40. The highest BCUT2D eigenvalue weighted by atomic mass is 28.4. The minimum Gasteiger partial charge on any atom is -0.411 e. The lowest BCUT2D eigenvalue weighted by Gasteiger charge is -2.44. The van der Waals surface area contributed by atoms with Gasteiger partial charge in [0.1, 0.15) is 0 Å². The summed E-state index contributed by atoms with van der Waals surface area (Å²) in [5.74, 6) is -0.260. The molecule has 1 aliphatic heterocycles. The van der Waals surface area contributed by atoms with Gasteiger partial charge in [-0.3, -0.25) is 4.79 Å². The fourth-order valence-corrected chi connectivity index (χ4v) is 3.80. The van der Waals surface area contributed by atoms with Crippen LogP contribution in [-0.4, -0.2) is 43.4 Å². The molecule has 0 aromatic carbocycles. The smallest absolute Gasteiger partial charge is 0.323 e. The highest BCUT2D eigenvalue weighted by molar-refractivity contribution is 6.74. The molecule has 1 heterocycles. The second-order valence-electron chi connectivity index (χ2n) is 7.92. The number of ether oxygens (including phenoxy) is 1. The van der Waals surface area contributed by atoms with E-state index < -0.39 is 8.32 Å². The predicted octanol–water partition coefficient (Wildman–Crippen LogP) is 3.76. The number of carbonyl (C=O) groups is 1. The van der Waals surface area contributed by atoms with Crippen molar-refractivity contribution < 1.29 is 18.7 Å². The first-order valence-corrected chi connectivity index (χ1v) is 11.1. The van der Waals surface area contributed by atoms with Crippen molar-refractivity contribution in [3.8, 4) is 0 Å². The Kier molecular flexibility index (Phi) is 6.66. The number of Topliss-reactive ketones (excluding diaryl/α,β-unsaturated/α-hetero) is 1. The lowest BCUT2D eigenvalue weighted by Crippen LogP contribution is -2.50. The molecular formula is C17H30N2O3Si. The van der Waals surface area contributed by atoms with Crippen LogP contribution in [0, 0.1) is 0 Å². The second kappa shape index (κ2) is 7.66. The van der Waals surface area contributed by atoms with Gasteiger partial charge in [-0.1, -0.05) is 32.9 Å². The first kappa shape index (κ1) is 20.0. The fourth-order valence-electron chi connectivity index (χ4n) is 2.42. The molecule has 0 aliphatic carbocycles. The SMILES string of the molecule is C=C(C)[C@@H]1CC[C@@H](O[Si](C)(C)C(C)(C)C)[C@H](CC(=O)C=[N+]=[N-])O1. The van der Waals surface area contributed by atoms with Crippen LogP contribution in [0.15, 0.2) is 12.2 Å². The zero-order valence-corrected chi connectivity index (χ0v) is 16.3. The van der Waals surface area contributed by atoms with Gasteiger partial charge in [0.05, 0.1) is 18.3 Å². The topological polar surface area (TPSA) is 71.9 Å². The molecular weight excluding hydrogens is 308 g/mol. The van der Waals surface area contributed by atoms with E-state index in [0.29, 0.717) is 0 Å². The average molecular weight is 339 g/mol. The first-order valence-electron chi connectivity index (χ1n) is 8.17. The zero-order chi connectivity index (χ0) is 17.8. The van der Waals surface area contributed by atoms with Crippen LogP contribution >= 0.6 is 0 Å². The van der Waals surface area contributed by atoms with Crippen molar-refractivity contribution in [2.45, 2.75) is 83.4 Å². The Morgan fingerprint density at radius 2 is 2.04 bits per heavy atom. The molecule has 0 unspecified atom stereocenters. The van der Waals surface area contributed by atoms with Gasteiger partial charge >= 0.3 is 6.21 Å². The van der Waals surface area contributed by atoms with Crippen molar-refractivity contribution in [2.75, 3.05) is 0 Å². The predicted molar refractivity (Wildman–Crippen MR) is 94.1 cm³/mol. The summed E-state index contributed by atoms with van der Waals surface area (Å²) >= 11 is 0. The molecule has 0 aromatic heterocycles. The number of carbonyl (C=O) groups excluding carboxylic acids is 1. The van der Waals surface area contributed by atoms with E-state index in [1.165, 1.54) is 0 Å². The molecule has 6 heteroatoms. The molecule has 0 amide bonds. The number of ketones is 1. The van der Waals surface area contributed by atoms with Crippen molar-refractivity contribution >= 4 is 20.3 Å². The first-order chi connectivity index (χ1) is 10.5. The van der Waals surface area contributed by atoms with Gasteiger partial charge < -0.3 is 14.7 Å². The third kappa shape index (κ3) is 5.50. The van der Waals surface area contributed by atoms with E-state index in [1.54, 1.807) is 0 Å². The Labute approximate surface area is 140 Å². The van der Waals surface area contributed by atoms with Gasteiger partial charge in [0.25, 0.3) is 0 Å². The minimum atomic E-state index is -1.95. The Morgan fingerprint density at radius 3 is 2.52 bits per heavy atom. The van der Waals surface area contributed by atoms with Gasteiger partial charge in [0.2, 0.25) is 5.78 Å². The van der Waals surface area contributed by atoms with Gasteiger partial charge in [-0.2, -0.15) is 4.79 Å². The normalized spacial score (nSPS) is 25.6. The number of rotatable bonds is 6. The molecule has 5 nitrogen and oxygen atoms in total. The van der Waals surface area contributed by atoms with Crippen LogP contribution in [0.3, 0.4) is 0 Å². The van der Waals surface area contributed by atoms with E-state index in [1.807, 2.05) is 6.92 Å². The van der Waals surface area contributed by atoms with Crippen LogP contribution in [0.25, 0.3) is 5.53 Å². The van der Waals surface area contributed by atoms with Gasteiger partial charge in [-0.15, -0.1) is 0 Å². The lowest BCUT2D eigenvalue weighted by molar-refractivity contribution is -0.130. The summed E-state index contributed by atoms with van der Waals surface area (Å²) in [6.07, 6.45) is 2.31. The van der Waals surface area contributed by atoms with Crippen LogP contribution in [0.5, 0.6) is 0 Å². The molecule has 0 spiro atoms. The van der Waals surface area contributed by atoms with E-state index in [4.69, 9.17) is 14.7 Å². The molecule has 0 bridgehead atoms. The van der Waals surface area contributed by atoms with E-state index in [9.17, 15) is 4.79 Å². The molecule has 1 saturated heterocycles. The lowest BCUT2D eigenvalue weighted by atomic mass is 9.95. The third-order valence-electron chi connectivity index (χ3n) is 4.87. The van der Waals surface area contributed by atoms with Crippen LogP contribution in [0.2, 0.25) is 18.1 Å². The molecule has 0 saturated carbocycles. The summed E-state index contributed by atoms with van der Waals surface area (Å²) in [6.45, 7) is 16.9. The molecule has 130 valence electrons. The zero-order valence-electron chi connectivity index (χ0n) is 15.3. The van der Waals surface area contributed by atoms with Crippen molar-refractivity contribution in [3.05, 3.63) is 17.7 Å². The summed E-state index contributed by atoms with van der Waals surface area (Å²) in [7, 11) is -1.95. The number of hydrogen-bond acceptors (Lipinski definition) is 3. The maximum atomic E-state index is 11.8. The molecule has 1 rings (SSSR count). The largest absolute Gasteiger partial charge is 0.411 e. The maximum Gasteiger partial charge on any atom is 0.323 e.